The summed E-state index contributed by atoms with van der Waals surface area (Å²) in [5.41, 5.74) is 1.98. The van der Waals surface area contributed by atoms with Crippen LogP contribution in [0.15, 0.2) is 85.5 Å². The summed E-state index contributed by atoms with van der Waals surface area (Å²) in [6.07, 6.45) is -0.283. The lowest BCUT2D eigenvalue weighted by atomic mass is 10.0. The summed E-state index contributed by atoms with van der Waals surface area (Å²) >= 11 is 0. The van der Waals surface area contributed by atoms with E-state index in [1.165, 1.54) is 51.5 Å². The minimum Gasteiger partial charge on any atom is -0.493 e. The smallest absolute Gasteiger partial charge is 0.412 e. The molecule has 25 heteroatoms. The van der Waals surface area contributed by atoms with Gasteiger partial charge in [-0.05, 0) is 113 Å². The topological polar surface area (TPSA) is 271 Å². The molecule has 0 saturated carbocycles. The van der Waals surface area contributed by atoms with Crippen molar-refractivity contribution >= 4 is 75.6 Å². The van der Waals surface area contributed by atoms with E-state index in [9.17, 15) is 38.7 Å². The van der Waals surface area contributed by atoms with E-state index in [0.717, 1.165) is 16.0 Å². The predicted octanol–water partition coefficient (Wildman–Crippen LogP) is 12.5. The molecule has 2 aliphatic heterocycles. The van der Waals surface area contributed by atoms with Gasteiger partial charge in [0, 0.05) is 42.9 Å². The molecule has 4 unspecified atom stereocenters. The second kappa shape index (κ2) is 31.8. The molecule has 0 aromatic heterocycles. The molecular weight excluding hydrogens is 1230 g/mol. The van der Waals surface area contributed by atoms with Crippen molar-refractivity contribution in [1.82, 2.24) is 20.4 Å². The number of carbonyl (C=O) groups excluding carboxylic acids is 6. The molecule has 5 rings (SSSR count). The zero-order valence-electron chi connectivity index (χ0n) is 57.9. The molecule has 0 radical (unpaired) electrons. The highest BCUT2D eigenvalue weighted by Gasteiger charge is 2.43. The summed E-state index contributed by atoms with van der Waals surface area (Å²) in [6.45, 7) is 44.5. The molecule has 3 aromatic carbocycles. The van der Waals surface area contributed by atoms with Crippen molar-refractivity contribution in [2.45, 2.75) is 175 Å². The molecule has 0 aliphatic carbocycles. The van der Waals surface area contributed by atoms with Gasteiger partial charge in [0.25, 0.3) is 11.8 Å². The summed E-state index contributed by atoms with van der Waals surface area (Å²) < 4.78 is 48.1. The van der Waals surface area contributed by atoms with Crippen LogP contribution in [-0.2, 0) is 34.5 Å². The maximum Gasteiger partial charge on any atom is 0.412 e. The number of anilines is 3. The highest BCUT2D eigenvalue weighted by molar-refractivity contribution is 6.74. The van der Waals surface area contributed by atoms with Crippen LogP contribution < -0.4 is 45.1 Å². The van der Waals surface area contributed by atoms with Crippen LogP contribution >= 0.6 is 0 Å². The van der Waals surface area contributed by atoms with Crippen molar-refractivity contribution in [2.75, 3.05) is 75.9 Å². The van der Waals surface area contributed by atoms with Crippen molar-refractivity contribution in [2.24, 2.45) is 5.92 Å². The van der Waals surface area contributed by atoms with Crippen LogP contribution in [0.1, 0.15) is 129 Å². The number of nitrogens with one attached hydrogen (secondary N) is 4. The van der Waals surface area contributed by atoms with E-state index in [1.54, 1.807) is 68.7 Å². The first-order chi connectivity index (χ1) is 43.2. The molecular formula is C68H101N7O16Si2. The standard InChI is InChI=1S/C68H101N7O16Si2/c1-22-28-88-64(81)72-58(42(2)3)60(77)69-45(6)59(76)70-47-26-24-46(25-27-47)39-89-63(80)71-52-35-56(54(84-16)33-50(52)61(78)73-37-43(4)31-48(73)40-90-92(18,19)67(10,11)12)86-29-23-30-87-57-36-53(75(65(82)83)66(7,8)9)51(34-55(57)85-17)62(79)74-38-44(5)32-49(74)41-91-93(20,21)68(13,14)15/h22,24-27,33-36,42,45,48-49,58H,1,4-5,23,28-32,37-41H2,2-3,6-21H3,(H,69,77)(H,70,76)(H,71,80)(H,72,81)(H,82,83). The summed E-state index contributed by atoms with van der Waals surface area (Å²) in [5.74, 6) is -1.53. The van der Waals surface area contributed by atoms with Crippen molar-refractivity contribution in [3.63, 3.8) is 0 Å². The number of rotatable bonds is 28. The molecule has 2 fully saturated rings. The minimum absolute atomic E-state index is 0.0211. The quantitative estimate of drug-likeness (QED) is 0.0257. The van der Waals surface area contributed by atoms with Crippen LogP contribution in [0.4, 0.5) is 31.4 Å². The van der Waals surface area contributed by atoms with Crippen LogP contribution in [-0.4, -0.2) is 163 Å². The van der Waals surface area contributed by atoms with E-state index in [4.69, 9.17) is 37.3 Å². The Balaban J connectivity index is 1.36. The minimum atomic E-state index is -2.24. The van der Waals surface area contributed by atoms with Crippen LogP contribution in [0.3, 0.4) is 0 Å². The van der Waals surface area contributed by atoms with Gasteiger partial charge in [-0.15, -0.1) is 0 Å². The first-order valence-corrected chi connectivity index (χ1v) is 37.2. The molecule has 2 aliphatic rings. The SMILES string of the molecule is C=CCOC(=O)NC(C(=O)NC(C)C(=O)Nc1ccc(COC(=O)Nc2cc(OCCCOc3cc(N(C(=O)O)C(C)(C)C)c(C(=O)N4CC(=C)CC4CO[Si](C)(C)C(C)(C)C)cc3OC)c(OC)cc2C(=O)N2CC(=C)CC2CO[Si](C)(C)C(C)(C)C)cc1)C(C)C. The van der Waals surface area contributed by atoms with Crippen molar-refractivity contribution in [3.05, 3.63) is 102 Å². The van der Waals surface area contributed by atoms with Gasteiger partial charge in [0.2, 0.25) is 11.8 Å². The highest BCUT2D eigenvalue weighted by Crippen LogP contribution is 2.43. The molecule has 4 atom stereocenters. The lowest BCUT2D eigenvalue weighted by Gasteiger charge is -2.38. The first-order valence-electron chi connectivity index (χ1n) is 31.4. The van der Waals surface area contributed by atoms with Gasteiger partial charge in [0.15, 0.2) is 39.6 Å². The first kappa shape index (κ1) is 75.8. The highest BCUT2D eigenvalue weighted by atomic mass is 28.4. The van der Waals surface area contributed by atoms with Gasteiger partial charge in [-0.1, -0.05) is 104 Å². The van der Waals surface area contributed by atoms with E-state index >= 15 is 0 Å². The monoisotopic (exact) mass is 1330 g/mol. The number of nitrogens with zero attached hydrogens (tertiary/aromatic N) is 3. The molecule has 2 saturated heterocycles. The van der Waals surface area contributed by atoms with E-state index < -0.39 is 76.2 Å². The number of alkyl carbamates (subject to hydrolysis) is 1. The number of likely N-dealkylation sites (tertiary alicyclic amines) is 2. The average molecular weight is 1330 g/mol. The normalized spacial score (nSPS) is 16.0. The summed E-state index contributed by atoms with van der Waals surface area (Å²) in [7, 11) is -1.58. The fraction of sp³-hybridized carbons (Fsp3) is 0.544. The molecule has 5 N–H and O–H groups in total. The number of hydrogen-bond acceptors (Lipinski definition) is 15. The molecule has 3 aromatic rings. The van der Waals surface area contributed by atoms with Crippen LogP contribution in [0.25, 0.3) is 0 Å². The molecule has 512 valence electrons. The average Bonchev–Trinajstić information content (AvgIpc) is 1.42. The Bertz CT molecular complexity index is 3220. The lowest BCUT2D eigenvalue weighted by Crippen LogP contribution is -2.53. The maximum absolute atomic E-state index is 14.9. The van der Waals surface area contributed by atoms with Gasteiger partial charge in [-0.2, -0.15) is 0 Å². The lowest BCUT2D eigenvalue weighted by molar-refractivity contribution is -0.128. The number of amides is 7. The van der Waals surface area contributed by atoms with Crippen LogP contribution in [0.2, 0.25) is 36.3 Å². The van der Waals surface area contributed by atoms with Crippen molar-refractivity contribution < 1.29 is 75.9 Å². The Morgan fingerprint density at radius 2 is 1.16 bits per heavy atom. The number of benzene rings is 3. The molecule has 0 spiro atoms. The third-order valence-corrected chi connectivity index (χ3v) is 26.2. The summed E-state index contributed by atoms with van der Waals surface area (Å²) in [5, 5.41) is 21.2. The van der Waals surface area contributed by atoms with Crippen LogP contribution in [0, 0.1) is 5.92 Å². The third-order valence-electron chi connectivity index (χ3n) is 17.2. The number of ether oxygens (including phenoxy) is 6. The largest absolute Gasteiger partial charge is 0.493 e. The van der Waals surface area contributed by atoms with Gasteiger partial charge >= 0.3 is 18.3 Å². The number of hydrogen-bond donors (Lipinski definition) is 5. The molecule has 23 nitrogen and oxygen atoms in total. The Labute approximate surface area is 551 Å². The number of carboxylic acid groups (broad SMARTS) is 1. The van der Waals surface area contributed by atoms with E-state index in [1.807, 2.05) is 0 Å². The number of carbonyl (C=O) groups is 7. The Kier molecular flexibility index (Phi) is 26.0. The van der Waals surface area contributed by atoms with Crippen molar-refractivity contribution in [1.29, 1.82) is 0 Å². The molecule has 93 heavy (non-hydrogen) atoms. The predicted molar refractivity (Wildman–Crippen MR) is 365 cm³/mol. The zero-order valence-corrected chi connectivity index (χ0v) is 59.9. The molecule has 0 bridgehead atoms. The van der Waals surface area contributed by atoms with E-state index in [0.29, 0.717) is 30.7 Å². The summed E-state index contributed by atoms with van der Waals surface area (Å²) in [4.78, 5) is 99.7. The maximum atomic E-state index is 14.9. The Morgan fingerprint density at radius 1 is 0.667 bits per heavy atom. The van der Waals surface area contributed by atoms with Gasteiger partial charge in [0.1, 0.15) is 25.3 Å². The fourth-order valence-electron chi connectivity index (χ4n) is 9.78. The summed E-state index contributed by atoms with van der Waals surface area (Å²) in [6, 6.07) is 9.84. The van der Waals surface area contributed by atoms with E-state index in [-0.39, 0.29) is 126 Å². The van der Waals surface area contributed by atoms with Gasteiger partial charge in [0.05, 0.1) is 75.2 Å². The number of methoxy groups -OCH3 is 2. The molecule has 7 amide bonds. The van der Waals surface area contributed by atoms with E-state index in [2.05, 4.69) is 109 Å². The zero-order chi connectivity index (χ0) is 69.7. The Morgan fingerprint density at radius 3 is 1.62 bits per heavy atom. The third kappa shape index (κ3) is 20.3. The van der Waals surface area contributed by atoms with Gasteiger partial charge in [-0.25, -0.2) is 14.4 Å². The second-order valence-electron chi connectivity index (χ2n) is 28.0. The Hall–Kier alpha value is -7.88. The van der Waals surface area contributed by atoms with Crippen molar-refractivity contribution in [3.8, 4) is 23.0 Å². The fourth-order valence-corrected chi connectivity index (χ4v) is 11.9. The van der Waals surface area contributed by atoms with Gasteiger partial charge in [-0.3, -0.25) is 29.4 Å². The van der Waals surface area contributed by atoms with Crippen LogP contribution in [0.5, 0.6) is 23.0 Å². The second-order valence-corrected chi connectivity index (χ2v) is 37.6. The molecule has 2 heterocycles. The van der Waals surface area contributed by atoms with Gasteiger partial charge < -0.3 is 68.1 Å².